The Balaban J connectivity index is 1.46. The van der Waals surface area contributed by atoms with Crippen LogP contribution in [0.3, 0.4) is 0 Å². The Kier molecular flexibility index (Phi) is 6.56. The molecule has 2 heterocycles. The molecule has 0 spiro atoms. The quantitative estimate of drug-likeness (QED) is 0.419. The molecule has 1 atom stereocenters. The molecule has 1 aromatic heterocycles. The van der Waals surface area contributed by atoms with Gasteiger partial charge in [-0.15, -0.1) is 11.3 Å². The lowest BCUT2D eigenvalue weighted by molar-refractivity contribution is -0.126. The number of carbonyl (C=O) groups is 1. The first kappa shape index (κ1) is 21.4. The minimum Gasteiger partial charge on any atom is -0.493 e. The zero-order chi connectivity index (χ0) is 21.8. The molecule has 1 amide bonds. The summed E-state index contributed by atoms with van der Waals surface area (Å²) in [6.45, 7) is 7.30. The Bertz CT molecular complexity index is 1060. The van der Waals surface area contributed by atoms with E-state index >= 15 is 0 Å². The van der Waals surface area contributed by atoms with Crippen molar-refractivity contribution in [3.05, 3.63) is 58.4 Å². The van der Waals surface area contributed by atoms with Gasteiger partial charge in [-0.1, -0.05) is 25.1 Å². The third-order valence-electron chi connectivity index (χ3n) is 5.47. The van der Waals surface area contributed by atoms with Crippen LogP contribution in [0.5, 0.6) is 11.5 Å². The number of unbranched alkanes of at least 4 members (excludes halogenated alkanes) is 1. The Hall–Kier alpha value is -2.86. The lowest BCUT2D eigenvalue weighted by Crippen LogP contribution is -2.46. The first-order chi connectivity index (χ1) is 15.1. The largest absolute Gasteiger partial charge is 0.493 e. The molecule has 0 radical (unpaired) electrons. The minimum absolute atomic E-state index is 0.0291. The molecule has 6 heteroatoms. The SMILES string of the molecule is CCC1Oc2ccc(-c3csc(C)n3)cc2N(CCCCOc2ccccc2C)C1=O. The molecule has 0 bridgehead atoms. The second kappa shape index (κ2) is 9.52. The van der Waals surface area contributed by atoms with Crippen molar-refractivity contribution in [1.82, 2.24) is 4.98 Å². The third-order valence-corrected chi connectivity index (χ3v) is 6.25. The summed E-state index contributed by atoms with van der Waals surface area (Å²) in [5.41, 5.74) is 3.90. The van der Waals surface area contributed by atoms with Crippen molar-refractivity contribution in [2.45, 2.75) is 46.1 Å². The fourth-order valence-electron chi connectivity index (χ4n) is 3.74. The topological polar surface area (TPSA) is 51.7 Å². The molecule has 0 saturated carbocycles. The zero-order valence-electron chi connectivity index (χ0n) is 18.3. The van der Waals surface area contributed by atoms with E-state index in [1.54, 1.807) is 11.3 Å². The maximum Gasteiger partial charge on any atom is 0.268 e. The van der Waals surface area contributed by atoms with Crippen molar-refractivity contribution in [2.75, 3.05) is 18.1 Å². The molecule has 1 unspecified atom stereocenters. The standard InChI is InChI=1S/C25H28N2O3S/c1-4-22-25(28)27(13-7-8-14-29-23-10-6-5-9-17(23)2)21-15-19(11-12-24(21)30-22)20-16-31-18(3)26-20/h5-6,9-12,15-16,22H,4,7-8,13-14H2,1-3H3. The van der Waals surface area contributed by atoms with E-state index in [-0.39, 0.29) is 5.91 Å². The lowest BCUT2D eigenvalue weighted by atomic mass is 10.1. The van der Waals surface area contributed by atoms with Gasteiger partial charge in [-0.05, 0) is 62.9 Å². The van der Waals surface area contributed by atoms with Crippen molar-refractivity contribution in [2.24, 2.45) is 0 Å². The van der Waals surface area contributed by atoms with Gasteiger partial charge in [0, 0.05) is 17.5 Å². The summed E-state index contributed by atoms with van der Waals surface area (Å²) in [7, 11) is 0. The highest BCUT2D eigenvalue weighted by molar-refractivity contribution is 7.09. The summed E-state index contributed by atoms with van der Waals surface area (Å²) in [6.07, 6.45) is 1.95. The van der Waals surface area contributed by atoms with Gasteiger partial charge in [0.2, 0.25) is 0 Å². The number of thiazole rings is 1. The van der Waals surface area contributed by atoms with Gasteiger partial charge in [0.15, 0.2) is 6.10 Å². The average molecular weight is 437 g/mol. The van der Waals surface area contributed by atoms with Crippen LogP contribution in [0.2, 0.25) is 0 Å². The van der Waals surface area contributed by atoms with Gasteiger partial charge in [0.05, 0.1) is 23.0 Å². The number of carbonyl (C=O) groups excluding carboxylic acids is 1. The highest BCUT2D eigenvalue weighted by atomic mass is 32.1. The van der Waals surface area contributed by atoms with Crippen LogP contribution in [0.25, 0.3) is 11.3 Å². The number of ether oxygens (including phenoxy) is 2. The molecule has 162 valence electrons. The number of para-hydroxylation sites is 1. The first-order valence-electron chi connectivity index (χ1n) is 10.8. The Morgan fingerprint density at radius 3 is 2.74 bits per heavy atom. The van der Waals surface area contributed by atoms with Crippen LogP contribution in [0.4, 0.5) is 5.69 Å². The van der Waals surface area contributed by atoms with E-state index in [1.165, 1.54) is 0 Å². The van der Waals surface area contributed by atoms with Crippen LogP contribution in [0.15, 0.2) is 47.8 Å². The predicted octanol–water partition coefficient (Wildman–Crippen LogP) is 5.79. The van der Waals surface area contributed by atoms with Gasteiger partial charge in [0.25, 0.3) is 5.91 Å². The molecule has 1 aliphatic rings. The summed E-state index contributed by atoms with van der Waals surface area (Å²) < 4.78 is 11.9. The predicted molar refractivity (Wildman–Crippen MR) is 125 cm³/mol. The summed E-state index contributed by atoms with van der Waals surface area (Å²) in [5, 5.41) is 3.07. The molecule has 0 aliphatic carbocycles. The van der Waals surface area contributed by atoms with Crippen LogP contribution in [0.1, 0.15) is 36.8 Å². The van der Waals surface area contributed by atoms with Crippen LogP contribution in [-0.4, -0.2) is 30.1 Å². The maximum atomic E-state index is 13.1. The second-order valence-electron chi connectivity index (χ2n) is 7.76. The van der Waals surface area contributed by atoms with Gasteiger partial charge in [0.1, 0.15) is 11.5 Å². The number of nitrogens with zero attached hydrogens (tertiary/aromatic N) is 2. The van der Waals surface area contributed by atoms with E-state index < -0.39 is 6.10 Å². The normalized spacial score (nSPS) is 15.5. The number of aryl methyl sites for hydroxylation is 2. The molecule has 3 aromatic rings. The number of hydrogen-bond donors (Lipinski definition) is 0. The van der Waals surface area contributed by atoms with Crippen molar-refractivity contribution in [3.8, 4) is 22.8 Å². The highest BCUT2D eigenvalue weighted by Gasteiger charge is 2.33. The minimum atomic E-state index is -0.428. The number of fused-ring (bicyclic) bond motifs is 1. The van der Waals surface area contributed by atoms with E-state index in [2.05, 4.69) is 4.98 Å². The van der Waals surface area contributed by atoms with E-state index in [1.807, 2.05) is 73.5 Å². The van der Waals surface area contributed by atoms with Gasteiger partial charge in [-0.2, -0.15) is 0 Å². The lowest BCUT2D eigenvalue weighted by Gasteiger charge is -2.34. The fourth-order valence-corrected chi connectivity index (χ4v) is 4.36. The Morgan fingerprint density at radius 2 is 2.00 bits per heavy atom. The number of benzene rings is 2. The molecule has 0 N–H and O–H groups in total. The van der Waals surface area contributed by atoms with Crippen molar-refractivity contribution in [1.29, 1.82) is 0 Å². The molecule has 4 rings (SSSR count). The fraction of sp³-hybridized carbons (Fsp3) is 0.360. The number of anilines is 1. The molecule has 5 nitrogen and oxygen atoms in total. The summed E-state index contributed by atoms with van der Waals surface area (Å²) >= 11 is 1.62. The summed E-state index contributed by atoms with van der Waals surface area (Å²) in [5.74, 6) is 1.71. The number of rotatable bonds is 8. The van der Waals surface area contributed by atoms with Crippen LogP contribution in [-0.2, 0) is 4.79 Å². The van der Waals surface area contributed by atoms with Crippen molar-refractivity contribution in [3.63, 3.8) is 0 Å². The van der Waals surface area contributed by atoms with Gasteiger partial charge in [-0.25, -0.2) is 4.98 Å². The molecule has 0 fully saturated rings. The number of aromatic nitrogens is 1. The Morgan fingerprint density at radius 1 is 1.16 bits per heavy atom. The molecule has 2 aromatic carbocycles. The van der Waals surface area contributed by atoms with Crippen molar-refractivity contribution < 1.29 is 14.3 Å². The van der Waals surface area contributed by atoms with Crippen LogP contribution >= 0.6 is 11.3 Å². The smallest absolute Gasteiger partial charge is 0.268 e. The molecular weight excluding hydrogens is 408 g/mol. The summed E-state index contributed by atoms with van der Waals surface area (Å²) in [6, 6.07) is 14.0. The van der Waals surface area contributed by atoms with Gasteiger partial charge < -0.3 is 14.4 Å². The number of hydrogen-bond acceptors (Lipinski definition) is 5. The third kappa shape index (κ3) is 4.74. The van der Waals surface area contributed by atoms with Gasteiger partial charge in [-0.3, -0.25) is 4.79 Å². The van der Waals surface area contributed by atoms with Crippen LogP contribution < -0.4 is 14.4 Å². The summed E-state index contributed by atoms with van der Waals surface area (Å²) in [4.78, 5) is 19.5. The average Bonchev–Trinajstić information content (AvgIpc) is 3.21. The monoisotopic (exact) mass is 436 g/mol. The van der Waals surface area contributed by atoms with Crippen molar-refractivity contribution >= 4 is 22.9 Å². The van der Waals surface area contributed by atoms with E-state index in [0.717, 1.165) is 51.9 Å². The first-order valence-corrected chi connectivity index (χ1v) is 11.7. The van der Waals surface area contributed by atoms with E-state index in [4.69, 9.17) is 9.47 Å². The molecule has 0 saturated heterocycles. The molecule has 31 heavy (non-hydrogen) atoms. The van der Waals surface area contributed by atoms with Gasteiger partial charge >= 0.3 is 0 Å². The second-order valence-corrected chi connectivity index (χ2v) is 8.82. The highest BCUT2D eigenvalue weighted by Crippen LogP contribution is 2.38. The number of amides is 1. The van der Waals surface area contributed by atoms with E-state index in [0.29, 0.717) is 19.6 Å². The van der Waals surface area contributed by atoms with Crippen LogP contribution in [0, 0.1) is 13.8 Å². The zero-order valence-corrected chi connectivity index (χ0v) is 19.1. The Labute approximate surface area is 187 Å². The van der Waals surface area contributed by atoms with E-state index in [9.17, 15) is 4.79 Å². The maximum absolute atomic E-state index is 13.1. The molecular formula is C25H28N2O3S. The molecule has 1 aliphatic heterocycles.